The number of hydrogen-bond acceptors (Lipinski definition) is 8. The van der Waals surface area contributed by atoms with Gasteiger partial charge in [-0.1, -0.05) is 48.0 Å². The Labute approximate surface area is 231 Å². The van der Waals surface area contributed by atoms with Gasteiger partial charge in [0.05, 0.1) is 25.3 Å². The summed E-state index contributed by atoms with van der Waals surface area (Å²) in [6.45, 7) is 2.21. The van der Waals surface area contributed by atoms with E-state index >= 15 is 0 Å². The van der Waals surface area contributed by atoms with Crippen LogP contribution in [0.4, 0.5) is 0 Å². The minimum absolute atomic E-state index is 0.245. The molecule has 3 aromatic rings. The summed E-state index contributed by atoms with van der Waals surface area (Å²) >= 11 is 1.40. The summed E-state index contributed by atoms with van der Waals surface area (Å²) in [4.78, 5) is 26.6. The lowest BCUT2D eigenvalue weighted by molar-refractivity contribution is -0.298. The predicted molar refractivity (Wildman–Crippen MR) is 147 cm³/mol. The van der Waals surface area contributed by atoms with E-state index in [0.29, 0.717) is 16.9 Å². The minimum Gasteiger partial charge on any atom is -0.497 e. The van der Waals surface area contributed by atoms with Crippen LogP contribution in [0.1, 0.15) is 38.1 Å². The summed E-state index contributed by atoms with van der Waals surface area (Å²) < 4.78 is 30.0. The average molecular weight is 550 g/mol. The number of fused-ring (bicyclic) bond motifs is 1. The van der Waals surface area contributed by atoms with Crippen molar-refractivity contribution in [2.45, 2.75) is 43.0 Å². The van der Waals surface area contributed by atoms with Crippen LogP contribution in [0, 0.1) is 6.92 Å². The molecule has 0 bridgehead atoms. The van der Waals surface area contributed by atoms with E-state index in [1.807, 2.05) is 55.6 Å². The molecule has 204 valence electrons. The van der Waals surface area contributed by atoms with E-state index in [1.165, 1.54) is 11.8 Å². The van der Waals surface area contributed by atoms with Gasteiger partial charge >= 0.3 is 5.97 Å². The number of rotatable bonds is 7. The second-order valence-corrected chi connectivity index (χ2v) is 10.4. The standard InChI is InChI=1S/C30H31NO7S/c1-18-9-11-19(12-10-18)27(32)31-24-25-23(17-35-29(38-25)21-13-15-22(34-2)16-14-21)36-30(39-3)26(24)37-28(33)20-7-5-4-6-8-20/h4-16,23-26,29-30H,17H2,1-3H3,(H,31,32)/t23-,24+,25+,26-,29+,30+/m1/s1. The van der Waals surface area contributed by atoms with Crippen LogP contribution in [0.5, 0.6) is 5.75 Å². The van der Waals surface area contributed by atoms with E-state index in [-0.39, 0.29) is 12.5 Å². The van der Waals surface area contributed by atoms with Crippen LogP contribution in [0.2, 0.25) is 0 Å². The summed E-state index contributed by atoms with van der Waals surface area (Å²) in [5.74, 6) is -0.0835. The Morgan fingerprint density at radius 3 is 2.31 bits per heavy atom. The number of nitrogens with one attached hydrogen (secondary N) is 1. The molecule has 0 radical (unpaired) electrons. The van der Waals surface area contributed by atoms with Crippen LogP contribution >= 0.6 is 11.8 Å². The van der Waals surface area contributed by atoms with Crippen LogP contribution in [0.15, 0.2) is 78.9 Å². The SMILES string of the molecule is COc1ccc([C@H]2OC[C@H]3O[C@@H](SC)[C@H](OC(=O)c4ccccc4)[C@@H](NC(=O)c4ccc(C)cc4)[C@H]3O2)cc1. The summed E-state index contributed by atoms with van der Waals surface area (Å²) in [6.07, 6.45) is -0.768. The van der Waals surface area contributed by atoms with Crippen molar-refractivity contribution >= 4 is 23.6 Å². The molecule has 5 rings (SSSR count). The van der Waals surface area contributed by atoms with Gasteiger partial charge in [-0.05, 0) is 49.6 Å². The van der Waals surface area contributed by atoms with Crippen molar-refractivity contribution in [2.24, 2.45) is 0 Å². The van der Waals surface area contributed by atoms with Crippen LogP contribution in [-0.4, -0.2) is 61.6 Å². The van der Waals surface area contributed by atoms with Crippen molar-refractivity contribution in [1.29, 1.82) is 0 Å². The highest BCUT2D eigenvalue weighted by Gasteiger charge is 2.52. The van der Waals surface area contributed by atoms with Gasteiger partial charge in [-0.2, -0.15) is 0 Å². The summed E-state index contributed by atoms with van der Waals surface area (Å²) in [7, 11) is 1.60. The van der Waals surface area contributed by atoms with Crippen molar-refractivity contribution < 1.29 is 33.3 Å². The zero-order valence-electron chi connectivity index (χ0n) is 21.9. The molecule has 0 spiro atoms. The molecule has 6 atom stereocenters. The zero-order valence-corrected chi connectivity index (χ0v) is 22.8. The number of carbonyl (C=O) groups excluding carboxylic acids is 2. The topological polar surface area (TPSA) is 92.3 Å². The molecule has 2 fully saturated rings. The van der Waals surface area contributed by atoms with E-state index < -0.39 is 42.0 Å². The number of esters is 1. The molecule has 1 N–H and O–H groups in total. The molecule has 0 saturated carbocycles. The molecule has 8 nitrogen and oxygen atoms in total. The fourth-order valence-corrected chi connectivity index (χ4v) is 5.46. The first-order valence-corrected chi connectivity index (χ1v) is 14.0. The molecule has 2 saturated heterocycles. The largest absolute Gasteiger partial charge is 0.497 e. The van der Waals surface area contributed by atoms with Crippen LogP contribution in [-0.2, 0) is 18.9 Å². The third kappa shape index (κ3) is 6.12. The molecule has 2 aliphatic rings. The monoisotopic (exact) mass is 549 g/mol. The van der Waals surface area contributed by atoms with Gasteiger partial charge in [0.1, 0.15) is 23.4 Å². The van der Waals surface area contributed by atoms with Gasteiger partial charge in [-0.3, -0.25) is 4.79 Å². The maximum atomic E-state index is 13.4. The fraction of sp³-hybridized carbons (Fsp3) is 0.333. The zero-order chi connectivity index (χ0) is 27.4. The number of benzene rings is 3. The number of aryl methyl sites for hydroxylation is 1. The fourth-order valence-electron chi connectivity index (χ4n) is 4.71. The van der Waals surface area contributed by atoms with Gasteiger partial charge in [0, 0.05) is 11.1 Å². The molecule has 1 amide bonds. The average Bonchev–Trinajstić information content (AvgIpc) is 2.98. The molecule has 3 aromatic carbocycles. The third-order valence-electron chi connectivity index (χ3n) is 6.83. The quantitative estimate of drug-likeness (QED) is 0.430. The molecule has 2 aliphatic heterocycles. The van der Waals surface area contributed by atoms with Crippen molar-refractivity contribution in [3.8, 4) is 5.75 Å². The van der Waals surface area contributed by atoms with Crippen molar-refractivity contribution in [1.82, 2.24) is 5.32 Å². The van der Waals surface area contributed by atoms with Gasteiger partial charge in [0.15, 0.2) is 12.4 Å². The van der Waals surface area contributed by atoms with Gasteiger partial charge in [-0.25, -0.2) is 4.79 Å². The Balaban J connectivity index is 1.45. The first kappa shape index (κ1) is 27.2. The Morgan fingerprint density at radius 1 is 0.923 bits per heavy atom. The summed E-state index contributed by atoms with van der Waals surface area (Å²) in [5, 5.41) is 3.11. The number of hydrogen-bond donors (Lipinski definition) is 1. The second-order valence-electron chi connectivity index (χ2n) is 9.42. The molecular weight excluding hydrogens is 518 g/mol. The maximum Gasteiger partial charge on any atom is 0.338 e. The highest BCUT2D eigenvalue weighted by molar-refractivity contribution is 7.99. The van der Waals surface area contributed by atoms with Crippen LogP contribution in [0.3, 0.4) is 0 Å². The highest BCUT2D eigenvalue weighted by atomic mass is 32.2. The Hall–Kier alpha value is -3.37. The van der Waals surface area contributed by atoms with Gasteiger partial charge in [0.25, 0.3) is 5.91 Å². The Morgan fingerprint density at radius 2 is 1.64 bits per heavy atom. The van der Waals surface area contributed by atoms with E-state index in [9.17, 15) is 9.59 Å². The van der Waals surface area contributed by atoms with E-state index in [0.717, 1.165) is 11.1 Å². The molecular formula is C30H31NO7S. The number of carbonyl (C=O) groups is 2. The number of amides is 1. The van der Waals surface area contributed by atoms with Crippen molar-refractivity contribution in [3.05, 3.63) is 101 Å². The lowest BCUT2D eigenvalue weighted by Crippen LogP contribution is -2.67. The lowest BCUT2D eigenvalue weighted by Gasteiger charge is -2.49. The third-order valence-corrected chi connectivity index (χ3v) is 7.67. The molecule has 0 unspecified atom stereocenters. The van der Waals surface area contributed by atoms with Crippen LogP contribution < -0.4 is 10.1 Å². The van der Waals surface area contributed by atoms with Crippen LogP contribution in [0.25, 0.3) is 0 Å². The minimum atomic E-state index is -0.821. The first-order valence-electron chi connectivity index (χ1n) is 12.7. The van der Waals surface area contributed by atoms with E-state index in [2.05, 4.69) is 5.32 Å². The number of ether oxygens (including phenoxy) is 5. The molecule has 0 aromatic heterocycles. The Bertz CT molecular complexity index is 1270. The highest BCUT2D eigenvalue weighted by Crippen LogP contribution is 2.38. The van der Waals surface area contributed by atoms with Gasteiger partial charge in [-0.15, -0.1) is 11.8 Å². The van der Waals surface area contributed by atoms with Crippen molar-refractivity contribution in [2.75, 3.05) is 20.0 Å². The Kier molecular flexibility index (Phi) is 8.52. The molecule has 9 heteroatoms. The molecule has 0 aliphatic carbocycles. The predicted octanol–water partition coefficient (Wildman–Crippen LogP) is 4.53. The van der Waals surface area contributed by atoms with Crippen molar-refractivity contribution in [3.63, 3.8) is 0 Å². The maximum absolute atomic E-state index is 13.4. The van der Waals surface area contributed by atoms with E-state index in [1.54, 1.807) is 43.5 Å². The van der Waals surface area contributed by atoms with Gasteiger partial charge in [0.2, 0.25) is 0 Å². The van der Waals surface area contributed by atoms with E-state index in [4.69, 9.17) is 23.7 Å². The lowest BCUT2D eigenvalue weighted by atomic mass is 9.95. The number of thioether (sulfide) groups is 1. The smallest absolute Gasteiger partial charge is 0.338 e. The molecule has 2 heterocycles. The summed E-state index contributed by atoms with van der Waals surface area (Å²) in [5.41, 5.74) is 2.20. The van der Waals surface area contributed by atoms with Gasteiger partial charge < -0.3 is 29.0 Å². The summed E-state index contributed by atoms with van der Waals surface area (Å²) in [6, 6.07) is 22.7. The normalized spacial score (nSPS) is 26.2. The first-order chi connectivity index (χ1) is 19.0. The second kappa shape index (κ2) is 12.2. The number of methoxy groups -OCH3 is 1. The molecule has 39 heavy (non-hydrogen) atoms.